The summed E-state index contributed by atoms with van der Waals surface area (Å²) >= 11 is 0. The van der Waals surface area contributed by atoms with Gasteiger partial charge in [0.15, 0.2) is 0 Å². The molecule has 0 radical (unpaired) electrons. The molecule has 1 aromatic heterocycles. The quantitative estimate of drug-likeness (QED) is 0.504. The van der Waals surface area contributed by atoms with Crippen molar-refractivity contribution in [2.24, 2.45) is 0 Å². The number of aromatic nitrogens is 2. The van der Waals surface area contributed by atoms with Crippen LogP contribution < -0.4 is 25.6 Å². The SMILES string of the molecule is COc1ccc(Nc2ncnc(NNC(C)(C)C)c2[N+](=O)[O-])c(OC)c1. The van der Waals surface area contributed by atoms with Gasteiger partial charge in [0.25, 0.3) is 0 Å². The minimum atomic E-state index is -0.551. The molecule has 1 heterocycles. The zero-order valence-electron chi connectivity index (χ0n) is 15.3. The molecular weight excluding hydrogens is 340 g/mol. The Hall–Kier alpha value is -3.14. The Morgan fingerprint density at radius 2 is 1.81 bits per heavy atom. The fourth-order valence-corrected chi connectivity index (χ4v) is 2.01. The van der Waals surface area contributed by atoms with Crippen LogP contribution in [-0.2, 0) is 0 Å². The van der Waals surface area contributed by atoms with E-state index in [4.69, 9.17) is 9.47 Å². The van der Waals surface area contributed by atoms with Gasteiger partial charge in [0, 0.05) is 11.6 Å². The molecule has 0 fully saturated rings. The van der Waals surface area contributed by atoms with Crippen molar-refractivity contribution < 1.29 is 14.4 Å². The summed E-state index contributed by atoms with van der Waals surface area (Å²) in [6.07, 6.45) is 1.23. The lowest BCUT2D eigenvalue weighted by Gasteiger charge is -2.21. The van der Waals surface area contributed by atoms with Crippen molar-refractivity contribution in [3.8, 4) is 11.5 Å². The van der Waals surface area contributed by atoms with Crippen LogP contribution >= 0.6 is 0 Å². The lowest BCUT2D eigenvalue weighted by Crippen LogP contribution is -2.40. The van der Waals surface area contributed by atoms with Gasteiger partial charge in [0.05, 0.1) is 24.8 Å². The molecule has 2 rings (SSSR count). The van der Waals surface area contributed by atoms with Crippen LogP contribution in [0.15, 0.2) is 24.5 Å². The fourth-order valence-electron chi connectivity index (χ4n) is 2.01. The molecule has 0 bridgehead atoms. The molecule has 26 heavy (non-hydrogen) atoms. The number of nitrogens with one attached hydrogen (secondary N) is 3. The molecule has 3 N–H and O–H groups in total. The monoisotopic (exact) mass is 362 g/mol. The molecule has 10 nitrogen and oxygen atoms in total. The zero-order valence-corrected chi connectivity index (χ0v) is 15.3. The molecule has 0 amide bonds. The van der Waals surface area contributed by atoms with E-state index >= 15 is 0 Å². The van der Waals surface area contributed by atoms with Crippen LogP contribution in [0.4, 0.5) is 23.0 Å². The Labute approximate surface area is 151 Å². The normalized spacial score (nSPS) is 11.0. The number of ether oxygens (including phenoxy) is 2. The van der Waals surface area contributed by atoms with E-state index in [1.54, 1.807) is 18.2 Å². The van der Waals surface area contributed by atoms with Crippen LogP contribution in [0, 0.1) is 10.1 Å². The molecule has 1 aromatic carbocycles. The molecule has 0 aliphatic heterocycles. The van der Waals surface area contributed by atoms with E-state index in [-0.39, 0.29) is 22.9 Å². The van der Waals surface area contributed by atoms with Crippen LogP contribution in [0.2, 0.25) is 0 Å². The number of hydrogen-bond donors (Lipinski definition) is 3. The van der Waals surface area contributed by atoms with Gasteiger partial charge in [-0.2, -0.15) is 0 Å². The van der Waals surface area contributed by atoms with E-state index in [9.17, 15) is 10.1 Å². The van der Waals surface area contributed by atoms with E-state index in [0.29, 0.717) is 17.2 Å². The number of benzene rings is 1. The summed E-state index contributed by atoms with van der Waals surface area (Å²) in [6, 6.07) is 5.05. The van der Waals surface area contributed by atoms with Crippen molar-refractivity contribution in [3.63, 3.8) is 0 Å². The molecule has 0 unspecified atom stereocenters. The zero-order chi connectivity index (χ0) is 19.3. The van der Waals surface area contributed by atoms with Gasteiger partial charge in [-0.3, -0.25) is 15.5 Å². The average molecular weight is 362 g/mol. The van der Waals surface area contributed by atoms with E-state index in [1.165, 1.54) is 20.5 Å². The van der Waals surface area contributed by atoms with Crippen molar-refractivity contribution >= 4 is 23.0 Å². The number of nitrogens with zero attached hydrogens (tertiary/aromatic N) is 3. The largest absolute Gasteiger partial charge is 0.497 e. The highest BCUT2D eigenvalue weighted by atomic mass is 16.6. The van der Waals surface area contributed by atoms with Crippen molar-refractivity contribution in [1.82, 2.24) is 15.4 Å². The van der Waals surface area contributed by atoms with Crippen molar-refractivity contribution in [2.45, 2.75) is 26.3 Å². The van der Waals surface area contributed by atoms with Gasteiger partial charge >= 0.3 is 5.69 Å². The molecule has 0 atom stereocenters. The van der Waals surface area contributed by atoms with Crippen LogP contribution in [-0.4, -0.2) is 34.6 Å². The second kappa shape index (κ2) is 7.83. The number of anilines is 3. The third-order valence-corrected chi connectivity index (χ3v) is 3.22. The number of methoxy groups -OCH3 is 2. The van der Waals surface area contributed by atoms with Gasteiger partial charge < -0.3 is 14.8 Å². The Kier molecular flexibility index (Phi) is 5.78. The molecule has 0 spiro atoms. The third kappa shape index (κ3) is 4.70. The van der Waals surface area contributed by atoms with E-state index in [0.717, 1.165) is 0 Å². The van der Waals surface area contributed by atoms with Crippen LogP contribution in [0.3, 0.4) is 0 Å². The summed E-state index contributed by atoms with van der Waals surface area (Å²) in [5.74, 6) is 1.14. The summed E-state index contributed by atoms with van der Waals surface area (Å²) < 4.78 is 10.4. The van der Waals surface area contributed by atoms with Gasteiger partial charge in [0.2, 0.25) is 11.6 Å². The van der Waals surface area contributed by atoms with Crippen LogP contribution in [0.25, 0.3) is 0 Å². The van der Waals surface area contributed by atoms with E-state index in [1.807, 2.05) is 20.8 Å². The summed E-state index contributed by atoms with van der Waals surface area (Å²) in [4.78, 5) is 19.0. The summed E-state index contributed by atoms with van der Waals surface area (Å²) in [6.45, 7) is 5.73. The number of rotatable bonds is 7. The number of hydrogen-bond acceptors (Lipinski definition) is 9. The molecule has 140 valence electrons. The smallest absolute Gasteiger partial charge is 0.354 e. The van der Waals surface area contributed by atoms with Crippen LogP contribution in [0.1, 0.15) is 20.8 Å². The molecule has 10 heteroatoms. The van der Waals surface area contributed by atoms with E-state index in [2.05, 4.69) is 26.1 Å². The topological polar surface area (TPSA) is 123 Å². The maximum Gasteiger partial charge on any atom is 0.354 e. The van der Waals surface area contributed by atoms with Crippen molar-refractivity contribution in [2.75, 3.05) is 25.0 Å². The minimum Gasteiger partial charge on any atom is -0.497 e. The summed E-state index contributed by atoms with van der Waals surface area (Å²) in [7, 11) is 3.03. The van der Waals surface area contributed by atoms with Gasteiger partial charge in [-0.15, -0.1) is 0 Å². The molecule has 2 aromatic rings. The summed E-state index contributed by atoms with van der Waals surface area (Å²) in [5.41, 5.74) is 5.62. The van der Waals surface area contributed by atoms with Crippen molar-refractivity contribution in [3.05, 3.63) is 34.6 Å². The second-order valence-corrected chi connectivity index (χ2v) is 6.37. The Morgan fingerprint density at radius 3 is 2.38 bits per heavy atom. The minimum absolute atomic E-state index is 0.0340. The van der Waals surface area contributed by atoms with Crippen molar-refractivity contribution in [1.29, 1.82) is 0 Å². The first-order valence-corrected chi connectivity index (χ1v) is 7.77. The highest BCUT2D eigenvalue weighted by Crippen LogP contribution is 2.35. The van der Waals surface area contributed by atoms with Gasteiger partial charge in [-0.1, -0.05) is 0 Å². The molecular formula is C16H22N6O4. The lowest BCUT2D eigenvalue weighted by molar-refractivity contribution is -0.383. The molecule has 0 saturated heterocycles. The van der Waals surface area contributed by atoms with Crippen LogP contribution in [0.5, 0.6) is 11.5 Å². The second-order valence-electron chi connectivity index (χ2n) is 6.37. The highest BCUT2D eigenvalue weighted by Gasteiger charge is 2.25. The molecule has 0 aliphatic rings. The maximum absolute atomic E-state index is 11.6. The van der Waals surface area contributed by atoms with Gasteiger partial charge in [-0.05, 0) is 32.9 Å². The maximum atomic E-state index is 11.6. The first-order chi connectivity index (χ1) is 12.2. The Balaban J connectivity index is 2.39. The third-order valence-electron chi connectivity index (χ3n) is 3.22. The summed E-state index contributed by atoms with van der Waals surface area (Å²) in [5, 5.41) is 14.5. The Bertz CT molecular complexity index is 791. The standard InChI is InChI=1S/C16H22N6O4/c1-16(2,3)21-20-15-13(22(23)24)14(17-9-18-15)19-11-7-6-10(25-4)8-12(11)26-5/h6-9,21H,1-5H3,(H2,17,18,19,20). The first-order valence-electron chi connectivity index (χ1n) is 7.77. The number of hydrazine groups is 1. The Morgan fingerprint density at radius 1 is 1.12 bits per heavy atom. The molecule has 0 saturated carbocycles. The lowest BCUT2D eigenvalue weighted by atomic mass is 10.1. The van der Waals surface area contributed by atoms with E-state index < -0.39 is 4.92 Å². The molecule has 0 aliphatic carbocycles. The average Bonchev–Trinajstić information content (AvgIpc) is 2.59. The number of nitro groups is 1. The fraction of sp³-hybridized carbons (Fsp3) is 0.375. The van der Waals surface area contributed by atoms with Gasteiger partial charge in [0.1, 0.15) is 17.8 Å². The predicted octanol–water partition coefficient (Wildman–Crippen LogP) is 2.86. The van der Waals surface area contributed by atoms with Gasteiger partial charge in [-0.25, -0.2) is 15.4 Å². The highest BCUT2D eigenvalue weighted by molar-refractivity contribution is 5.76. The first kappa shape index (κ1) is 19.2. The predicted molar refractivity (Wildman–Crippen MR) is 98.0 cm³/mol.